The Balaban J connectivity index is 2.48. The van der Waals surface area contributed by atoms with Crippen molar-refractivity contribution in [3.8, 4) is 0 Å². The number of ketones is 1. The highest BCUT2D eigenvalue weighted by molar-refractivity contribution is 9.10. The Kier molecular flexibility index (Phi) is 2.96. The molecule has 0 aliphatic carbocycles. The van der Waals surface area contributed by atoms with Crippen LogP contribution in [0.25, 0.3) is 0 Å². The van der Waals surface area contributed by atoms with Gasteiger partial charge in [0.05, 0.1) is 22.5 Å². The molecule has 0 N–H and O–H groups in total. The molecule has 2 aromatic heterocycles. The van der Waals surface area contributed by atoms with Gasteiger partial charge in [0.15, 0.2) is 0 Å². The summed E-state index contributed by atoms with van der Waals surface area (Å²) < 4.78 is 7.30. The Morgan fingerprint density at radius 2 is 2.31 bits per heavy atom. The molecule has 0 aromatic carbocycles. The van der Waals surface area contributed by atoms with E-state index in [9.17, 15) is 4.79 Å². The molecule has 2 heterocycles. The first-order valence-electron chi connectivity index (χ1n) is 4.91. The molecule has 0 aliphatic heterocycles. The van der Waals surface area contributed by atoms with E-state index in [1.165, 1.54) is 12.5 Å². The number of aromatic nitrogens is 2. The first-order chi connectivity index (χ1) is 7.61. The standard InChI is InChI=1S/C11H11BrN2O2/c1-7(2)14-10(9(12)5-13-14)11(15)8-3-4-16-6-8/h3-7H,1-2H3. The summed E-state index contributed by atoms with van der Waals surface area (Å²) in [5, 5.41) is 4.16. The average Bonchev–Trinajstić information content (AvgIpc) is 2.84. The first-order valence-corrected chi connectivity index (χ1v) is 5.70. The number of halogens is 1. The van der Waals surface area contributed by atoms with Crippen molar-refractivity contribution in [1.82, 2.24) is 9.78 Å². The summed E-state index contributed by atoms with van der Waals surface area (Å²) >= 11 is 3.34. The molecule has 0 bridgehead atoms. The zero-order chi connectivity index (χ0) is 11.7. The molecular formula is C11H11BrN2O2. The third kappa shape index (κ3) is 1.82. The Bertz CT molecular complexity index is 500. The van der Waals surface area contributed by atoms with Crippen LogP contribution < -0.4 is 0 Å². The van der Waals surface area contributed by atoms with Crippen LogP contribution in [0.2, 0.25) is 0 Å². The van der Waals surface area contributed by atoms with Gasteiger partial charge in [0.1, 0.15) is 12.0 Å². The van der Waals surface area contributed by atoms with Crippen LogP contribution in [-0.4, -0.2) is 15.6 Å². The fraction of sp³-hybridized carbons (Fsp3) is 0.273. The molecular weight excluding hydrogens is 272 g/mol. The van der Waals surface area contributed by atoms with Crippen LogP contribution in [0.4, 0.5) is 0 Å². The van der Waals surface area contributed by atoms with Crippen LogP contribution in [0.1, 0.15) is 35.9 Å². The van der Waals surface area contributed by atoms with Crippen molar-refractivity contribution < 1.29 is 9.21 Å². The molecule has 0 atom stereocenters. The Hall–Kier alpha value is -1.36. The summed E-state index contributed by atoms with van der Waals surface area (Å²) in [6.07, 6.45) is 4.55. The summed E-state index contributed by atoms with van der Waals surface area (Å²) in [6, 6.07) is 1.78. The summed E-state index contributed by atoms with van der Waals surface area (Å²) in [5.41, 5.74) is 1.08. The first kappa shape index (κ1) is 11.1. The van der Waals surface area contributed by atoms with E-state index in [0.29, 0.717) is 15.7 Å². The van der Waals surface area contributed by atoms with Crippen LogP contribution >= 0.6 is 15.9 Å². The largest absolute Gasteiger partial charge is 0.472 e. The molecule has 2 rings (SSSR count). The lowest BCUT2D eigenvalue weighted by molar-refractivity contribution is 0.102. The van der Waals surface area contributed by atoms with Gasteiger partial charge in [-0.05, 0) is 35.8 Å². The fourth-order valence-corrected chi connectivity index (χ4v) is 1.93. The number of furan rings is 1. The van der Waals surface area contributed by atoms with Crippen LogP contribution in [0.15, 0.2) is 33.7 Å². The second-order valence-corrected chi connectivity index (χ2v) is 4.57. The van der Waals surface area contributed by atoms with Crippen LogP contribution in [-0.2, 0) is 0 Å². The summed E-state index contributed by atoms with van der Waals surface area (Å²) in [7, 11) is 0. The summed E-state index contributed by atoms with van der Waals surface area (Å²) in [4.78, 5) is 12.2. The molecule has 2 aromatic rings. The number of carbonyl (C=O) groups excluding carboxylic acids is 1. The predicted molar refractivity (Wildman–Crippen MR) is 62.5 cm³/mol. The van der Waals surface area contributed by atoms with Crippen molar-refractivity contribution in [2.45, 2.75) is 19.9 Å². The van der Waals surface area contributed by atoms with Gasteiger partial charge >= 0.3 is 0 Å². The number of hydrogen-bond acceptors (Lipinski definition) is 3. The van der Waals surface area contributed by atoms with Crippen LogP contribution in [0.5, 0.6) is 0 Å². The van der Waals surface area contributed by atoms with Gasteiger partial charge in [-0.25, -0.2) is 0 Å². The highest BCUT2D eigenvalue weighted by Gasteiger charge is 2.20. The fourth-order valence-electron chi connectivity index (χ4n) is 1.48. The second-order valence-electron chi connectivity index (χ2n) is 3.72. The molecule has 16 heavy (non-hydrogen) atoms. The highest BCUT2D eigenvalue weighted by Crippen LogP contribution is 2.22. The van der Waals surface area contributed by atoms with Crippen molar-refractivity contribution >= 4 is 21.7 Å². The molecule has 4 nitrogen and oxygen atoms in total. The summed E-state index contributed by atoms with van der Waals surface area (Å²) in [6.45, 7) is 3.96. The maximum absolute atomic E-state index is 12.2. The third-order valence-electron chi connectivity index (χ3n) is 2.24. The highest BCUT2D eigenvalue weighted by atomic mass is 79.9. The maximum atomic E-state index is 12.2. The Morgan fingerprint density at radius 3 is 2.88 bits per heavy atom. The molecule has 0 amide bonds. The van der Waals surface area contributed by atoms with Gasteiger partial charge in [-0.2, -0.15) is 5.10 Å². The lowest BCUT2D eigenvalue weighted by Gasteiger charge is -2.09. The van der Waals surface area contributed by atoms with Gasteiger partial charge in [0.2, 0.25) is 5.78 Å². The van der Waals surface area contributed by atoms with Crippen molar-refractivity contribution in [3.05, 3.63) is 40.5 Å². The monoisotopic (exact) mass is 282 g/mol. The molecule has 0 fully saturated rings. The lowest BCUT2D eigenvalue weighted by atomic mass is 10.1. The molecule has 84 valence electrons. The molecule has 0 saturated heterocycles. The van der Waals surface area contributed by atoms with Gasteiger partial charge in [-0.3, -0.25) is 9.48 Å². The minimum Gasteiger partial charge on any atom is -0.472 e. The quantitative estimate of drug-likeness (QED) is 0.813. The lowest BCUT2D eigenvalue weighted by Crippen LogP contribution is -2.13. The molecule has 0 saturated carbocycles. The SMILES string of the molecule is CC(C)n1ncc(Br)c1C(=O)c1ccoc1. The van der Waals surface area contributed by atoms with Gasteiger partial charge in [0.25, 0.3) is 0 Å². The van der Waals surface area contributed by atoms with Crippen LogP contribution in [0.3, 0.4) is 0 Å². The minimum absolute atomic E-state index is 0.0909. The van der Waals surface area contributed by atoms with Gasteiger partial charge < -0.3 is 4.42 Å². The predicted octanol–water partition coefficient (Wildman–Crippen LogP) is 3.05. The van der Waals surface area contributed by atoms with Gasteiger partial charge in [-0.1, -0.05) is 0 Å². The summed E-state index contributed by atoms with van der Waals surface area (Å²) in [5.74, 6) is -0.0909. The number of rotatable bonds is 3. The number of carbonyl (C=O) groups is 1. The topological polar surface area (TPSA) is 48.0 Å². The number of nitrogens with zero attached hydrogens (tertiary/aromatic N) is 2. The van der Waals surface area contributed by atoms with E-state index in [1.807, 2.05) is 13.8 Å². The molecule has 0 spiro atoms. The van der Waals surface area contributed by atoms with Crippen LogP contribution in [0, 0.1) is 0 Å². The van der Waals surface area contributed by atoms with E-state index in [1.54, 1.807) is 16.9 Å². The second kappa shape index (κ2) is 4.25. The van der Waals surface area contributed by atoms with Crippen molar-refractivity contribution in [2.75, 3.05) is 0 Å². The molecule has 0 aliphatic rings. The normalized spacial score (nSPS) is 11.0. The number of hydrogen-bond donors (Lipinski definition) is 0. The molecule has 5 heteroatoms. The van der Waals surface area contributed by atoms with E-state index >= 15 is 0 Å². The van der Waals surface area contributed by atoms with Gasteiger partial charge in [0, 0.05) is 6.04 Å². The Morgan fingerprint density at radius 1 is 1.56 bits per heavy atom. The average molecular weight is 283 g/mol. The molecule has 0 radical (unpaired) electrons. The smallest absolute Gasteiger partial charge is 0.215 e. The van der Waals surface area contributed by atoms with Crippen molar-refractivity contribution in [1.29, 1.82) is 0 Å². The van der Waals surface area contributed by atoms with E-state index in [2.05, 4.69) is 21.0 Å². The van der Waals surface area contributed by atoms with Crippen molar-refractivity contribution in [3.63, 3.8) is 0 Å². The van der Waals surface area contributed by atoms with E-state index < -0.39 is 0 Å². The zero-order valence-electron chi connectivity index (χ0n) is 8.98. The molecule has 0 unspecified atom stereocenters. The maximum Gasteiger partial charge on any atom is 0.215 e. The minimum atomic E-state index is -0.0909. The van der Waals surface area contributed by atoms with E-state index in [0.717, 1.165) is 0 Å². The zero-order valence-corrected chi connectivity index (χ0v) is 10.6. The third-order valence-corrected chi connectivity index (χ3v) is 2.82. The van der Waals surface area contributed by atoms with Crippen molar-refractivity contribution in [2.24, 2.45) is 0 Å². The van der Waals surface area contributed by atoms with Gasteiger partial charge in [-0.15, -0.1) is 0 Å². The van der Waals surface area contributed by atoms with E-state index in [-0.39, 0.29) is 11.8 Å². The Labute approximate surface area is 101 Å². The van der Waals surface area contributed by atoms with E-state index in [4.69, 9.17) is 4.42 Å².